The maximum absolute atomic E-state index is 10.6. The van der Waals surface area contributed by atoms with E-state index in [-0.39, 0.29) is 11.8 Å². The lowest BCUT2D eigenvalue weighted by Gasteiger charge is -2.21. The fourth-order valence-corrected chi connectivity index (χ4v) is 1.37. The van der Waals surface area contributed by atoms with Crippen LogP contribution in [-0.2, 0) is 4.79 Å². The maximum Gasteiger partial charge on any atom is 0.125 e. The minimum atomic E-state index is -0.535. The van der Waals surface area contributed by atoms with Crippen LogP contribution in [0.1, 0.15) is 26.7 Å². The monoisotopic (exact) mass is 196 g/mol. The molecule has 0 spiro atoms. The van der Waals surface area contributed by atoms with Gasteiger partial charge in [-0.15, -0.1) is 0 Å². The summed E-state index contributed by atoms with van der Waals surface area (Å²) in [4.78, 5) is 10.6. The van der Waals surface area contributed by atoms with E-state index in [1.165, 1.54) is 0 Å². The molecule has 0 saturated heterocycles. The van der Waals surface area contributed by atoms with Crippen molar-refractivity contribution in [2.24, 2.45) is 11.8 Å². The van der Waals surface area contributed by atoms with E-state index in [1.54, 1.807) is 6.08 Å². The van der Waals surface area contributed by atoms with Gasteiger partial charge < -0.3 is 9.90 Å². The first kappa shape index (κ1) is 13.1. The molecule has 0 aromatic rings. The van der Waals surface area contributed by atoms with E-state index >= 15 is 0 Å². The van der Waals surface area contributed by atoms with Gasteiger partial charge in [0.15, 0.2) is 0 Å². The van der Waals surface area contributed by atoms with Gasteiger partial charge in [0.05, 0.1) is 6.10 Å². The summed E-state index contributed by atoms with van der Waals surface area (Å²) in [6, 6.07) is 0. The van der Waals surface area contributed by atoms with Crippen LogP contribution in [0.15, 0.2) is 24.8 Å². The molecule has 0 aromatic carbocycles. The number of carbonyl (C=O) groups is 1. The number of aldehydes is 1. The lowest BCUT2D eigenvalue weighted by Crippen LogP contribution is -2.27. The van der Waals surface area contributed by atoms with Crippen molar-refractivity contribution >= 4 is 6.29 Å². The summed E-state index contributed by atoms with van der Waals surface area (Å²) in [5.41, 5.74) is 0. The Morgan fingerprint density at radius 3 is 2.57 bits per heavy atom. The Morgan fingerprint density at radius 2 is 2.14 bits per heavy atom. The molecule has 0 aliphatic heterocycles. The van der Waals surface area contributed by atoms with Crippen LogP contribution < -0.4 is 0 Å². The predicted octanol–water partition coefficient (Wildman–Crippen LogP) is 2.34. The number of hydrogen-bond donors (Lipinski definition) is 1. The number of hydrogen-bond acceptors (Lipinski definition) is 2. The summed E-state index contributed by atoms with van der Waals surface area (Å²) in [6.07, 6.45) is 7.29. The van der Waals surface area contributed by atoms with Gasteiger partial charge in [0.2, 0.25) is 0 Å². The SMILES string of the molecule is C=C/C=C\C[C@@H](C)[C@@H](O)[C@@H](C=O)CC. The number of rotatable bonds is 7. The van der Waals surface area contributed by atoms with Crippen molar-refractivity contribution in [3.8, 4) is 0 Å². The minimum absolute atomic E-state index is 0.112. The zero-order chi connectivity index (χ0) is 11.0. The average molecular weight is 196 g/mol. The number of allylic oxidation sites excluding steroid dienone is 3. The fourth-order valence-electron chi connectivity index (χ4n) is 1.37. The van der Waals surface area contributed by atoms with Crippen LogP contribution in [0, 0.1) is 11.8 Å². The summed E-state index contributed by atoms with van der Waals surface area (Å²) in [5.74, 6) is -0.122. The molecule has 0 amide bonds. The Bertz CT molecular complexity index is 196. The van der Waals surface area contributed by atoms with Gasteiger partial charge in [-0.25, -0.2) is 0 Å². The molecule has 0 bridgehead atoms. The molecule has 80 valence electrons. The first-order valence-electron chi connectivity index (χ1n) is 5.08. The standard InChI is InChI=1S/C12H20O2/c1-4-6-7-8-10(3)12(14)11(5-2)9-13/h4,6-7,9-12,14H,1,5,8H2,2-3H3/b7-6-/t10-,11-,12-/m1/s1. The Hall–Kier alpha value is -0.890. The molecule has 0 heterocycles. The molecule has 0 fully saturated rings. The highest BCUT2D eigenvalue weighted by Gasteiger charge is 2.21. The Balaban J connectivity index is 4.08. The van der Waals surface area contributed by atoms with E-state index in [2.05, 4.69) is 6.58 Å². The van der Waals surface area contributed by atoms with Gasteiger partial charge in [0.1, 0.15) is 6.29 Å². The molecular weight excluding hydrogens is 176 g/mol. The summed E-state index contributed by atoms with van der Waals surface area (Å²) in [7, 11) is 0. The molecule has 14 heavy (non-hydrogen) atoms. The van der Waals surface area contributed by atoms with Crippen molar-refractivity contribution < 1.29 is 9.90 Å². The van der Waals surface area contributed by atoms with Crippen molar-refractivity contribution in [3.63, 3.8) is 0 Å². The van der Waals surface area contributed by atoms with E-state index < -0.39 is 6.10 Å². The van der Waals surface area contributed by atoms with Crippen molar-refractivity contribution in [2.75, 3.05) is 0 Å². The molecule has 0 aromatic heterocycles. The highest BCUT2D eigenvalue weighted by Crippen LogP contribution is 2.17. The number of aliphatic hydroxyl groups is 1. The largest absolute Gasteiger partial charge is 0.392 e. The molecule has 2 nitrogen and oxygen atoms in total. The van der Waals surface area contributed by atoms with E-state index in [0.717, 1.165) is 12.7 Å². The first-order chi connectivity index (χ1) is 6.67. The van der Waals surface area contributed by atoms with Crippen molar-refractivity contribution in [1.29, 1.82) is 0 Å². The van der Waals surface area contributed by atoms with Crippen LogP contribution in [-0.4, -0.2) is 17.5 Å². The average Bonchev–Trinajstić information content (AvgIpc) is 2.19. The summed E-state index contributed by atoms with van der Waals surface area (Å²) >= 11 is 0. The highest BCUT2D eigenvalue weighted by molar-refractivity contribution is 5.54. The van der Waals surface area contributed by atoms with E-state index in [1.807, 2.05) is 26.0 Å². The lowest BCUT2D eigenvalue weighted by atomic mass is 9.89. The summed E-state index contributed by atoms with van der Waals surface area (Å²) < 4.78 is 0. The van der Waals surface area contributed by atoms with Crippen LogP contribution >= 0.6 is 0 Å². The molecule has 1 N–H and O–H groups in total. The van der Waals surface area contributed by atoms with Gasteiger partial charge >= 0.3 is 0 Å². The third kappa shape index (κ3) is 4.38. The van der Waals surface area contributed by atoms with E-state index in [9.17, 15) is 9.90 Å². The molecule has 0 rings (SSSR count). The summed E-state index contributed by atoms with van der Waals surface area (Å²) in [6.45, 7) is 7.42. The lowest BCUT2D eigenvalue weighted by molar-refractivity contribution is -0.115. The van der Waals surface area contributed by atoms with E-state index in [4.69, 9.17) is 0 Å². The molecule has 0 saturated carbocycles. The van der Waals surface area contributed by atoms with Gasteiger partial charge in [-0.05, 0) is 18.8 Å². The van der Waals surface area contributed by atoms with Gasteiger partial charge in [0.25, 0.3) is 0 Å². The van der Waals surface area contributed by atoms with Gasteiger partial charge in [-0.3, -0.25) is 0 Å². The normalized spacial score (nSPS) is 17.6. The first-order valence-corrected chi connectivity index (χ1v) is 5.08. The van der Waals surface area contributed by atoms with Gasteiger partial charge in [-0.2, -0.15) is 0 Å². The van der Waals surface area contributed by atoms with Crippen LogP contribution in [0.4, 0.5) is 0 Å². The quantitative estimate of drug-likeness (QED) is 0.501. The molecular formula is C12H20O2. The molecule has 0 unspecified atom stereocenters. The van der Waals surface area contributed by atoms with Crippen LogP contribution in [0.3, 0.4) is 0 Å². The van der Waals surface area contributed by atoms with Crippen LogP contribution in [0.5, 0.6) is 0 Å². The van der Waals surface area contributed by atoms with E-state index in [0.29, 0.717) is 6.42 Å². The van der Waals surface area contributed by atoms with Crippen molar-refractivity contribution in [2.45, 2.75) is 32.8 Å². The Kier molecular flexibility index (Phi) is 7.03. The highest BCUT2D eigenvalue weighted by atomic mass is 16.3. The second-order valence-electron chi connectivity index (χ2n) is 3.58. The zero-order valence-electron chi connectivity index (χ0n) is 9.02. The Morgan fingerprint density at radius 1 is 1.50 bits per heavy atom. The van der Waals surface area contributed by atoms with Gasteiger partial charge in [0, 0.05) is 5.92 Å². The minimum Gasteiger partial charge on any atom is -0.392 e. The van der Waals surface area contributed by atoms with Crippen LogP contribution in [0.25, 0.3) is 0 Å². The van der Waals surface area contributed by atoms with Gasteiger partial charge in [-0.1, -0.05) is 38.7 Å². The van der Waals surface area contributed by atoms with Crippen LogP contribution in [0.2, 0.25) is 0 Å². The molecule has 2 heteroatoms. The molecule has 0 aliphatic rings. The second-order valence-corrected chi connectivity index (χ2v) is 3.58. The third-order valence-corrected chi connectivity index (χ3v) is 2.45. The molecule has 0 aliphatic carbocycles. The maximum atomic E-state index is 10.6. The number of aliphatic hydroxyl groups excluding tert-OH is 1. The van der Waals surface area contributed by atoms with Crippen molar-refractivity contribution in [1.82, 2.24) is 0 Å². The third-order valence-electron chi connectivity index (χ3n) is 2.45. The molecule has 0 radical (unpaired) electrons. The second kappa shape index (κ2) is 7.51. The number of carbonyl (C=O) groups excluding carboxylic acids is 1. The Labute approximate surface area is 86.3 Å². The summed E-state index contributed by atoms with van der Waals surface area (Å²) in [5, 5.41) is 9.79. The topological polar surface area (TPSA) is 37.3 Å². The fraction of sp³-hybridized carbons (Fsp3) is 0.583. The smallest absolute Gasteiger partial charge is 0.125 e. The predicted molar refractivity (Wildman–Crippen MR) is 59.0 cm³/mol. The molecule has 3 atom stereocenters. The van der Waals surface area contributed by atoms with Crippen molar-refractivity contribution in [3.05, 3.63) is 24.8 Å². The zero-order valence-corrected chi connectivity index (χ0v) is 9.02.